The summed E-state index contributed by atoms with van der Waals surface area (Å²) >= 11 is 0. The lowest BCUT2D eigenvalue weighted by molar-refractivity contribution is -0.384. The van der Waals surface area contributed by atoms with Crippen LogP contribution in [-0.4, -0.2) is 27.3 Å². The number of benzene rings is 2. The van der Waals surface area contributed by atoms with Gasteiger partial charge in [0.25, 0.3) is 17.5 Å². The van der Waals surface area contributed by atoms with Crippen molar-refractivity contribution in [2.75, 3.05) is 4.90 Å². The number of carbonyl (C=O) groups excluding carboxylic acids is 3. The fourth-order valence-electron chi connectivity index (χ4n) is 3.24. The standard InChI is InChI=1S/C22H16N4O5/c1-14-7-9-15(10-8-14)25-21(28)19(20(27)23-22(25)29)13-17-6-3-11-24(17)16-4-2-5-18(12-16)26(30)31/h2-13H,1H3,(H,23,27,29)/b19-13+. The van der Waals surface area contributed by atoms with Gasteiger partial charge in [0.2, 0.25) is 0 Å². The predicted molar refractivity (Wildman–Crippen MR) is 113 cm³/mol. The van der Waals surface area contributed by atoms with E-state index in [-0.39, 0.29) is 11.3 Å². The summed E-state index contributed by atoms with van der Waals surface area (Å²) in [5, 5.41) is 13.3. The molecular formula is C22H16N4O5. The second-order valence-corrected chi connectivity index (χ2v) is 6.87. The first-order chi connectivity index (χ1) is 14.8. The predicted octanol–water partition coefficient (Wildman–Crippen LogP) is 3.36. The summed E-state index contributed by atoms with van der Waals surface area (Å²) in [6.07, 6.45) is 3.00. The number of nitrogens with zero attached hydrogens (tertiary/aromatic N) is 3. The minimum atomic E-state index is -0.829. The number of hydrogen-bond donors (Lipinski definition) is 1. The molecule has 31 heavy (non-hydrogen) atoms. The normalized spacial score (nSPS) is 15.3. The molecule has 0 radical (unpaired) electrons. The number of imide groups is 2. The zero-order valence-electron chi connectivity index (χ0n) is 16.3. The third-order valence-electron chi connectivity index (χ3n) is 4.79. The zero-order chi connectivity index (χ0) is 22.1. The second kappa shape index (κ2) is 7.71. The van der Waals surface area contributed by atoms with E-state index in [1.54, 1.807) is 59.3 Å². The zero-order valence-corrected chi connectivity index (χ0v) is 16.3. The van der Waals surface area contributed by atoms with Crippen LogP contribution >= 0.6 is 0 Å². The SMILES string of the molecule is Cc1ccc(N2C(=O)NC(=O)/C(=C\c3cccn3-c3cccc([N+](=O)[O-])c3)C2=O)cc1. The van der Waals surface area contributed by atoms with E-state index in [0.717, 1.165) is 10.5 Å². The number of aromatic nitrogens is 1. The smallest absolute Gasteiger partial charge is 0.317 e. The third kappa shape index (κ3) is 3.71. The molecule has 0 unspecified atom stereocenters. The maximum absolute atomic E-state index is 13.0. The van der Waals surface area contributed by atoms with Crippen LogP contribution in [0.3, 0.4) is 0 Å². The van der Waals surface area contributed by atoms with Gasteiger partial charge in [0.05, 0.1) is 16.3 Å². The van der Waals surface area contributed by atoms with Gasteiger partial charge in [-0.2, -0.15) is 0 Å². The van der Waals surface area contributed by atoms with E-state index in [1.807, 2.05) is 6.92 Å². The molecule has 0 aliphatic carbocycles. The number of rotatable bonds is 4. The molecule has 1 aliphatic rings. The molecule has 9 nitrogen and oxygen atoms in total. The van der Waals surface area contributed by atoms with Crippen molar-refractivity contribution in [1.29, 1.82) is 0 Å². The van der Waals surface area contributed by atoms with Crippen LogP contribution < -0.4 is 10.2 Å². The van der Waals surface area contributed by atoms with E-state index in [4.69, 9.17) is 0 Å². The van der Waals surface area contributed by atoms with Crippen molar-refractivity contribution in [1.82, 2.24) is 9.88 Å². The number of nitrogens with one attached hydrogen (secondary N) is 1. The molecule has 1 aliphatic heterocycles. The summed E-state index contributed by atoms with van der Waals surface area (Å²) in [6.45, 7) is 1.87. The fourth-order valence-corrected chi connectivity index (χ4v) is 3.24. The molecule has 1 aromatic heterocycles. The van der Waals surface area contributed by atoms with Gasteiger partial charge < -0.3 is 4.57 Å². The van der Waals surface area contributed by atoms with Crippen LogP contribution in [0.4, 0.5) is 16.2 Å². The highest BCUT2D eigenvalue weighted by atomic mass is 16.6. The van der Waals surface area contributed by atoms with E-state index in [9.17, 15) is 24.5 Å². The number of anilines is 1. The van der Waals surface area contributed by atoms with Crippen molar-refractivity contribution in [2.24, 2.45) is 0 Å². The minimum absolute atomic E-state index is 0.0903. The summed E-state index contributed by atoms with van der Waals surface area (Å²) in [5.74, 6) is -1.57. The van der Waals surface area contributed by atoms with E-state index in [0.29, 0.717) is 17.1 Å². The van der Waals surface area contributed by atoms with Gasteiger partial charge >= 0.3 is 6.03 Å². The van der Waals surface area contributed by atoms with Gasteiger partial charge in [-0.25, -0.2) is 9.69 Å². The van der Waals surface area contributed by atoms with Gasteiger partial charge in [-0.3, -0.25) is 25.0 Å². The molecule has 1 N–H and O–H groups in total. The Balaban J connectivity index is 1.74. The van der Waals surface area contributed by atoms with E-state index >= 15 is 0 Å². The maximum Gasteiger partial charge on any atom is 0.335 e. The largest absolute Gasteiger partial charge is 0.335 e. The Hall–Kier alpha value is -4.53. The number of carbonyl (C=O) groups is 3. The molecule has 3 aromatic rings. The first-order valence-electron chi connectivity index (χ1n) is 9.25. The van der Waals surface area contributed by atoms with Gasteiger partial charge in [-0.15, -0.1) is 0 Å². The number of hydrogen-bond acceptors (Lipinski definition) is 5. The Labute approximate surface area is 176 Å². The van der Waals surface area contributed by atoms with Crippen molar-refractivity contribution in [3.05, 3.63) is 93.8 Å². The van der Waals surface area contributed by atoms with Crippen LogP contribution in [-0.2, 0) is 9.59 Å². The molecule has 0 saturated carbocycles. The van der Waals surface area contributed by atoms with E-state index in [2.05, 4.69) is 5.32 Å². The second-order valence-electron chi connectivity index (χ2n) is 6.87. The molecule has 0 bridgehead atoms. The van der Waals surface area contributed by atoms with Crippen molar-refractivity contribution in [3.63, 3.8) is 0 Å². The average molecular weight is 416 g/mol. The molecule has 4 rings (SSSR count). The first-order valence-corrected chi connectivity index (χ1v) is 9.25. The maximum atomic E-state index is 13.0. The van der Waals surface area contributed by atoms with Gasteiger partial charge in [0.1, 0.15) is 5.57 Å². The molecule has 9 heteroatoms. The lowest BCUT2D eigenvalue weighted by Crippen LogP contribution is -2.54. The fraction of sp³-hybridized carbons (Fsp3) is 0.0455. The number of nitro groups is 1. The Morgan fingerprint density at radius 2 is 1.71 bits per heavy atom. The molecule has 2 aromatic carbocycles. The Kier molecular flexibility index (Phi) is 4.92. The molecule has 0 atom stereocenters. The van der Waals surface area contributed by atoms with Crippen molar-refractivity contribution < 1.29 is 19.3 Å². The highest BCUT2D eigenvalue weighted by molar-refractivity contribution is 6.39. The van der Waals surface area contributed by atoms with Crippen LogP contribution in [0.1, 0.15) is 11.3 Å². The molecule has 0 spiro atoms. The van der Waals surface area contributed by atoms with Gasteiger partial charge in [0, 0.05) is 24.0 Å². The Morgan fingerprint density at radius 1 is 0.968 bits per heavy atom. The first kappa shape index (κ1) is 19.8. The monoisotopic (exact) mass is 416 g/mol. The number of urea groups is 1. The average Bonchev–Trinajstić information content (AvgIpc) is 3.21. The lowest BCUT2D eigenvalue weighted by atomic mass is 10.1. The highest BCUT2D eigenvalue weighted by Crippen LogP contribution is 2.24. The van der Waals surface area contributed by atoms with Crippen molar-refractivity contribution >= 4 is 35.3 Å². The summed E-state index contributed by atoms with van der Waals surface area (Å²) < 4.78 is 1.60. The van der Waals surface area contributed by atoms with Crippen LogP contribution in [0.5, 0.6) is 0 Å². The summed E-state index contributed by atoms with van der Waals surface area (Å²) in [5.41, 5.74) is 1.90. The quantitative estimate of drug-likeness (QED) is 0.303. The van der Waals surface area contributed by atoms with Crippen LogP contribution in [0.25, 0.3) is 11.8 Å². The van der Waals surface area contributed by atoms with Crippen LogP contribution in [0, 0.1) is 17.0 Å². The topological polar surface area (TPSA) is 115 Å². The molecule has 154 valence electrons. The van der Waals surface area contributed by atoms with Gasteiger partial charge in [-0.05, 0) is 43.3 Å². The number of non-ortho nitro benzene ring substituents is 1. The number of aryl methyl sites for hydroxylation is 1. The summed E-state index contributed by atoms with van der Waals surface area (Å²) in [4.78, 5) is 49.2. The molecular weight excluding hydrogens is 400 g/mol. The van der Waals surface area contributed by atoms with Crippen LogP contribution in [0.15, 0.2) is 72.4 Å². The number of amides is 4. The van der Waals surface area contributed by atoms with E-state index < -0.39 is 22.8 Å². The van der Waals surface area contributed by atoms with Gasteiger partial charge in [0.15, 0.2) is 0 Å². The molecule has 2 heterocycles. The lowest BCUT2D eigenvalue weighted by Gasteiger charge is -2.26. The Morgan fingerprint density at radius 3 is 2.42 bits per heavy atom. The van der Waals surface area contributed by atoms with Crippen LogP contribution in [0.2, 0.25) is 0 Å². The Bertz CT molecular complexity index is 1260. The summed E-state index contributed by atoms with van der Waals surface area (Å²) in [7, 11) is 0. The van der Waals surface area contributed by atoms with E-state index in [1.165, 1.54) is 18.2 Å². The van der Waals surface area contributed by atoms with Crippen molar-refractivity contribution in [3.8, 4) is 5.69 Å². The molecule has 1 fully saturated rings. The number of barbiturate groups is 1. The van der Waals surface area contributed by atoms with Crippen molar-refractivity contribution in [2.45, 2.75) is 6.92 Å². The minimum Gasteiger partial charge on any atom is -0.317 e. The molecule has 1 saturated heterocycles. The molecule has 4 amide bonds. The third-order valence-corrected chi connectivity index (χ3v) is 4.79. The summed E-state index contributed by atoms with van der Waals surface area (Å²) in [6, 6.07) is 15.2. The highest BCUT2D eigenvalue weighted by Gasteiger charge is 2.37. The number of nitro benzene ring substituents is 1. The van der Waals surface area contributed by atoms with Gasteiger partial charge in [-0.1, -0.05) is 23.8 Å².